The van der Waals surface area contributed by atoms with Gasteiger partial charge in [0.15, 0.2) is 28.6 Å². The topological polar surface area (TPSA) is 140 Å². The number of benzene rings is 4. The monoisotopic (exact) mass is 594 g/mol. The number of amides is 1. The number of nitrogens with zero attached hydrogens (tertiary/aromatic N) is 2. The number of methoxy groups -OCH3 is 2. The van der Waals surface area contributed by atoms with E-state index in [1.807, 2.05) is 36.4 Å². The normalized spacial score (nSPS) is 14.1. The molecule has 0 aliphatic carbocycles. The van der Waals surface area contributed by atoms with Crippen LogP contribution in [0.3, 0.4) is 0 Å². The molecule has 4 aromatic rings. The van der Waals surface area contributed by atoms with E-state index in [0.717, 1.165) is 16.8 Å². The van der Waals surface area contributed by atoms with Gasteiger partial charge in [0, 0.05) is 23.9 Å². The van der Waals surface area contributed by atoms with Crippen LogP contribution < -0.4 is 30.4 Å². The van der Waals surface area contributed by atoms with Crippen LogP contribution in [0.1, 0.15) is 22.9 Å². The fourth-order valence-electron chi connectivity index (χ4n) is 4.59. The zero-order chi connectivity index (χ0) is 31.1. The number of hydrogen-bond acceptors (Lipinski definition) is 9. The number of nitrogens with one attached hydrogen (secondary N) is 3. The first-order valence-electron chi connectivity index (χ1n) is 13.7. The average Bonchev–Trinajstić information content (AvgIpc) is 3.05. The second kappa shape index (κ2) is 13.4. The summed E-state index contributed by atoms with van der Waals surface area (Å²) in [6, 6.07) is 27.0. The SMILES string of the molecule is COc1cc2c(cc1OC)N([N+]#C/C(=C\c1ccc(O)c(O)c1)C(=O)NCc1ccccc1)CNC2Nc1ccc(O)cc1. The molecule has 1 unspecified atom stereocenters. The first-order valence-corrected chi connectivity index (χ1v) is 13.7. The van der Waals surface area contributed by atoms with Gasteiger partial charge in [-0.3, -0.25) is 10.1 Å². The fraction of sp³-hybridized carbons (Fsp3) is 0.152. The summed E-state index contributed by atoms with van der Waals surface area (Å²) in [6.45, 7) is 0.527. The van der Waals surface area contributed by atoms with Crippen molar-refractivity contribution in [2.24, 2.45) is 0 Å². The molecule has 224 valence electrons. The van der Waals surface area contributed by atoms with Crippen LogP contribution in [-0.4, -0.2) is 42.1 Å². The Labute approximate surface area is 254 Å². The van der Waals surface area contributed by atoms with Gasteiger partial charge in [0.2, 0.25) is 0 Å². The van der Waals surface area contributed by atoms with E-state index in [4.69, 9.17) is 9.47 Å². The van der Waals surface area contributed by atoms with Gasteiger partial charge in [-0.25, -0.2) is 0 Å². The van der Waals surface area contributed by atoms with Crippen LogP contribution in [-0.2, 0) is 11.3 Å². The molecular weight excluding hydrogens is 562 g/mol. The summed E-state index contributed by atoms with van der Waals surface area (Å²) < 4.78 is 11.1. The van der Waals surface area contributed by atoms with Gasteiger partial charge in [-0.15, -0.1) is 0 Å². The van der Waals surface area contributed by atoms with E-state index < -0.39 is 5.91 Å². The maximum Gasteiger partial charge on any atom is 0.363 e. The third kappa shape index (κ3) is 6.95. The molecule has 0 aromatic heterocycles. The average molecular weight is 595 g/mol. The van der Waals surface area contributed by atoms with Gasteiger partial charge in [0.25, 0.3) is 5.91 Å². The highest BCUT2D eigenvalue weighted by atomic mass is 16.5. The number of rotatable bonds is 8. The smallest absolute Gasteiger partial charge is 0.363 e. The number of fused-ring (bicyclic) bond motifs is 1. The van der Waals surface area contributed by atoms with Crippen molar-refractivity contribution in [1.29, 1.82) is 0 Å². The lowest BCUT2D eigenvalue weighted by molar-refractivity contribution is -0.117. The van der Waals surface area contributed by atoms with Gasteiger partial charge in [-0.2, -0.15) is 0 Å². The Hall–Kier alpha value is -5.86. The highest BCUT2D eigenvalue weighted by molar-refractivity contribution is 6.02. The van der Waals surface area contributed by atoms with Gasteiger partial charge in [-0.1, -0.05) is 36.4 Å². The molecule has 11 heteroatoms. The van der Waals surface area contributed by atoms with Gasteiger partial charge in [-0.05, 0) is 64.7 Å². The van der Waals surface area contributed by atoms with Crippen LogP contribution in [0.15, 0.2) is 90.5 Å². The van der Waals surface area contributed by atoms with Crippen molar-refractivity contribution in [3.8, 4) is 34.8 Å². The molecule has 4 aromatic carbocycles. The third-order valence-electron chi connectivity index (χ3n) is 6.89. The molecule has 1 aliphatic heterocycles. The summed E-state index contributed by atoms with van der Waals surface area (Å²) >= 11 is 0. The Bertz CT molecular complexity index is 1730. The maximum atomic E-state index is 13.3. The molecule has 0 spiro atoms. The van der Waals surface area contributed by atoms with Crippen molar-refractivity contribution < 1.29 is 29.6 Å². The van der Waals surface area contributed by atoms with Gasteiger partial charge < -0.3 is 35.4 Å². The molecular formula is C33H32N5O6+. The van der Waals surface area contributed by atoms with Crippen LogP contribution >= 0.6 is 0 Å². The lowest BCUT2D eigenvalue weighted by Gasteiger charge is -2.29. The standard InChI is InChI=1S/C33H31N5O6/c1-43-30-16-26-27(17-31(30)44-2)38(20-35-32(26)37-24-9-11-25(39)12-10-24)36-19-23(14-22-8-13-28(40)29(41)15-22)33(42)34-18-21-6-4-3-5-7-21/h3-17,32,35,37H,18,20H2,1-2H3,(H3,34,39,41,42)/p+1. The highest BCUT2D eigenvalue weighted by Gasteiger charge is 2.32. The zero-order valence-corrected chi connectivity index (χ0v) is 24.1. The summed E-state index contributed by atoms with van der Waals surface area (Å²) in [5.41, 5.74) is 3.72. The van der Waals surface area contributed by atoms with Crippen LogP contribution in [0.2, 0.25) is 0 Å². The van der Waals surface area contributed by atoms with Crippen molar-refractivity contribution in [3.63, 3.8) is 0 Å². The van der Waals surface area contributed by atoms with E-state index >= 15 is 0 Å². The minimum absolute atomic E-state index is 0.0948. The van der Waals surface area contributed by atoms with E-state index in [1.54, 1.807) is 55.6 Å². The second-order valence-electron chi connectivity index (χ2n) is 9.84. The molecule has 5 rings (SSSR count). The Morgan fingerprint density at radius 1 is 0.977 bits per heavy atom. The summed E-state index contributed by atoms with van der Waals surface area (Å²) in [7, 11) is 3.10. The molecule has 44 heavy (non-hydrogen) atoms. The molecule has 0 saturated carbocycles. The van der Waals surface area contributed by atoms with Gasteiger partial charge >= 0.3 is 6.07 Å². The van der Waals surface area contributed by atoms with E-state index in [1.165, 1.54) is 18.2 Å². The maximum absolute atomic E-state index is 13.3. The minimum Gasteiger partial charge on any atom is -0.508 e. The molecule has 0 radical (unpaired) electrons. The summed E-state index contributed by atoms with van der Waals surface area (Å²) in [5, 5.41) is 40.7. The summed E-state index contributed by atoms with van der Waals surface area (Å²) in [5.74, 6) is 0.151. The number of hydrogen-bond donors (Lipinski definition) is 6. The lowest BCUT2D eigenvalue weighted by Crippen LogP contribution is -2.41. The quantitative estimate of drug-likeness (QED) is 0.0724. The first-order chi connectivity index (χ1) is 21.3. The first kappa shape index (κ1) is 29.6. The van der Waals surface area contributed by atoms with E-state index in [9.17, 15) is 20.1 Å². The number of carbonyl (C=O) groups is 1. The molecule has 1 atom stereocenters. The lowest BCUT2D eigenvalue weighted by atomic mass is 10.1. The Balaban J connectivity index is 1.49. The molecule has 0 fully saturated rings. The Morgan fingerprint density at radius 2 is 1.70 bits per heavy atom. The number of aromatic hydroxyl groups is 3. The molecule has 1 aliphatic rings. The molecule has 11 nitrogen and oxygen atoms in total. The highest BCUT2D eigenvalue weighted by Crippen LogP contribution is 2.40. The van der Waals surface area contributed by atoms with E-state index in [2.05, 4.69) is 27.0 Å². The second-order valence-corrected chi connectivity index (χ2v) is 9.84. The summed E-state index contributed by atoms with van der Waals surface area (Å²) in [6.07, 6.45) is 1.16. The predicted molar refractivity (Wildman–Crippen MR) is 168 cm³/mol. The Kier molecular flexibility index (Phi) is 9.03. The molecule has 6 N–H and O–H groups in total. The number of ether oxygens (including phenoxy) is 2. The van der Waals surface area contributed by atoms with Crippen molar-refractivity contribution in [2.45, 2.75) is 12.7 Å². The van der Waals surface area contributed by atoms with Crippen molar-refractivity contribution in [2.75, 3.05) is 31.2 Å². The Morgan fingerprint density at radius 3 is 2.41 bits per heavy atom. The van der Waals surface area contributed by atoms with Crippen molar-refractivity contribution in [1.82, 2.24) is 10.6 Å². The number of carbonyl (C=O) groups excluding carboxylic acids is 1. The fourth-order valence-corrected chi connectivity index (χ4v) is 4.59. The molecule has 0 saturated heterocycles. The molecule has 1 heterocycles. The van der Waals surface area contributed by atoms with Crippen LogP contribution in [0.4, 0.5) is 11.4 Å². The molecule has 1 amide bonds. The third-order valence-corrected chi connectivity index (χ3v) is 6.89. The predicted octanol–water partition coefficient (Wildman–Crippen LogP) is 4.95. The largest absolute Gasteiger partial charge is 0.508 e. The minimum atomic E-state index is -0.436. The summed E-state index contributed by atoms with van der Waals surface area (Å²) in [4.78, 5) is 17.9. The van der Waals surface area contributed by atoms with Crippen LogP contribution in [0, 0.1) is 6.07 Å². The van der Waals surface area contributed by atoms with E-state index in [-0.39, 0.29) is 42.2 Å². The number of anilines is 2. The van der Waals surface area contributed by atoms with Gasteiger partial charge in [0.05, 0.1) is 19.2 Å². The zero-order valence-electron chi connectivity index (χ0n) is 24.1. The number of phenolic OH excluding ortho intramolecular Hbond substituents is 3. The number of phenols is 3. The van der Waals surface area contributed by atoms with Crippen molar-refractivity contribution in [3.05, 3.63) is 112 Å². The molecule has 0 bridgehead atoms. The van der Waals surface area contributed by atoms with Crippen molar-refractivity contribution >= 4 is 23.4 Å². The van der Waals surface area contributed by atoms with Crippen LogP contribution in [0.25, 0.3) is 11.0 Å². The van der Waals surface area contributed by atoms with Gasteiger partial charge in [0.1, 0.15) is 24.3 Å². The van der Waals surface area contributed by atoms with Crippen LogP contribution in [0.5, 0.6) is 28.7 Å². The van der Waals surface area contributed by atoms with E-state index in [0.29, 0.717) is 22.7 Å².